The molecule has 10 heteroatoms. The number of benzene rings is 1. The average Bonchev–Trinajstić information content (AvgIpc) is 3.58. The van der Waals surface area contributed by atoms with Gasteiger partial charge < -0.3 is 14.4 Å². The Bertz CT molecular complexity index is 1300. The number of carbonyl (C=O) groups excluding carboxylic acids is 2. The van der Waals surface area contributed by atoms with E-state index in [1.54, 1.807) is 4.90 Å². The highest BCUT2D eigenvalue weighted by atomic mass is 32.2. The van der Waals surface area contributed by atoms with E-state index in [0.717, 1.165) is 55.8 Å². The molecule has 2 amide bonds. The molecule has 3 heterocycles. The molecule has 2 fully saturated rings. The minimum atomic E-state index is -3.52. The van der Waals surface area contributed by atoms with Crippen LogP contribution in [0.2, 0.25) is 0 Å². The summed E-state index contributed by atoms with van der Waals surface area (Å²) in [6.07, 6.45) is 5.88. The molecule has 1 aromatic carbocycles. The fourth-order valence-corrected chi connectivity index (χ4v) is 6.54. The number of carbonyl (C=O) groups is 2. The van der Waals surface area contributed by atoms with Crippen molar-refractivity contribution in [3.8, 4) is 6.07 Å². The van der Waals surface area contributed by atoms with Crippen molar-refractivity contribution in [1.29, 1.82) is 5.26 Å². The Balaban J connectivity index is 1.45. The predicted molar refractivity (Wildman–Crippen MR) is 138 cm³/mol. The van der Waals surface area contributed by atoms with Crippen molar-refractivity contribution in [2.75, 3.05) is 19.3 Å². The van der Waals surface area contributed by atoms with Gasteiger partial charge in [0, 0.05) is 36.9 Å². The van der Waals surface area contributed by atoms with Gasteiger partial charge in [-0.15, -0.1) is 0 Å². The first kappa shape index (κ1) is 26.2. The zero-order chi connectivity index (χ0) is 26.0. The van der Waals surface area contributed by atoms with Gasteiger partial charge >= 0.3 is 0 Å². The summed E-state index contributed by atoms with van der Waals surface area (Å²) in [5.41, 5.74) is 2.90. The monoisotopic (exact) mass is 513 g/mol. The maximum absolute atomic E-state index is 13.6. The maximum atomic E-state index is 13.6. The van der Waals surface area contributed by atoms with Gasteiger partial charge in [-0.2, -0.15) is 5.26 Å². The third-order valence-corrected chi connectivity index (χ3v) is 8.19. The molecular formula is C26H35N5O4S. The number of hydrogen-bond donors (Lipinski definition) is 1. The highest BCUT2D eigenvalue weighted by molar-refractivity contribution is 7.88. The second kappa shape index (κ2) is 10.6. The van der Waals surface area contributed by atoms with Crippen molar-refractivity contribution in [2.24, 2.45) is 0 Å². The van der Waals surface area contributed by atoms with Crippen molar-refractivity contribution in [3.63, 3.8) is 0 Å². The molecule has 0 aliphatic carbocycles. The topological polar surface area (TPSA) is 116 Å². The van der Waals surface area contributed by atoms with Crippen molar-refractivity contribution in [1.82, 2.24) is 19.1 Å². The lowest BCUT2D eigenvalue weighted by atomic mass is 10.1. The Morgan fingerprint density at radius 2 is 1.89 bits per heavy atom. The molecule has 4 rings (SSSR count). The van der Waals surface area contributed by atoms with Gasteiger partial charge in [-0.25, -0.2) is 13.1 Å². The fraction of sp³-hybridized carbons (Fsp3) is 0.577. The summed E-state index contributed by atoms with van der Waals surface area (Å²) in [4.78, 5) is 30.0. The molecule has 3 unspecified atom stereocenters. The van der Waals surface area contributed by atoms with Crippen LogP contribution in [0.3, 0.4) is 0 Å². The Morgan fingerprint density at radius 3 is 2.58 bits per heavy atom. The maximum Gasteiger partial charge on any atom is 0.245 e. The van der Waals surface area contributed by atoms with E-state index in [0.29, 0.717) is 25.1 Å². The molecular weight excluding hydrogens is 478 g/mol. The highest BCUT2D eigenvalue weighted by Crippen LogP contribution is 2.29. The zero-order valence-corrected chi connectivity index (χ0v) is 22.1. The zero-order valence-electron chi connectivity index (χ0n) is 21.2. The molecule has 0 saturated carbocycles. The van der Waals surface area contributed by atoms with Gasteiger partial charge in [-0.3, -0.25) is 9.59 Å². The van der Waals surface area contributed by atoms with Crippen LogP contribution in [0.5, 0.6) is 0 Å². The molecule has 2 aliphatic heterocycles. The Morgan fingerprint density at radius 1 is 1.17 bits per heavy atom. The molecule has 194 valence electrons. The van der Waals surface area contributed by atoms with Crippen LogP contribution < -0.4 is 4.72 Å². The number of fused-ring (bicyclic) bond motifs is 1. The number of rotatable bonds is 8. The fourth-order valence-electron chi connectivity index (χ4n) is 5.80. The molecule has 0 radical (unpaired) electrons. The summed E-state index contributed by atoms with van der Waals surface area (Å²) in [7, 11) is -3.52. The van der Waals surface area contributed by atoms with E-state index in [1.807, 2.05) is 23.1 Å². The van der Waals surface area contributed by atoms with Crippen molar-refractivity contribution in [2.45, 2.75) is 77.0 Å². The number of sulfonamides is 1. The van der Waals surface area contributed by atoms with Crippen LogP contribution in [0.1, 0.15) is 57.2 Å². The summed E-state index contributed by atoms with van der Waals surface area (Å²) < 4.78 is 27.7. The van der Waals surface area contributed by atoms with E-state index in [-0.39, 0.29) is 17.9 Å². The van der Waals surface area contributed by atoms with Crippen molar-refractivity contribution >= 4 is 32.7 Å². The van der Waals surface area contributed by atoms with E-state index < -0.39 is 22.1 Å². The van der Waals surface area contributed by atoms with Crippen LogP contribution in [-0.4, -0.2) is 72.1 Å². The molecule has 1 N–H and O–H groups in total. The summed E-state index contributed by atoms with van der Waals surface area (Å²) in [6, 6.07) is 8.81. The quantitative estimate of drug-likeness (QED) is 0.582. The predicted octanol–water partition coefficient (Wildman–Crippen LogP) is 2.39. The van der Waals surface area contributed by atoms with Gasteiger partial charge in [0.1, 0.15) is 6.04 Å². The van der Waals surface area contributed by atoms with Crippen molar-refractivity contribution in [3.05, 3.63) is 35.5 Å². The van der Waals surface area contributed by atoms with Crippen LogP contribution >= 0.6 is 0 Å². The first-order valence-electron chi connectivity index (χ1n) is 12.7. The van der Waals surface area contributed by atoms with E-state index in [2.05, 4.69) is 28.3 Å². The third kappa shape index (κ3) is 5.42. The molecule has 9 nitrogen and oxygen atoms in total. The minimum Gasteiger partial charge on any atom is -0.345 e. The number of nitriles is 1. The molecule has 2 aliphatic rings. The van der Waals surface area contributed by atoms with E-state index in [4.69, 9.17) is 0 Å². The highest BCUT2D eigenvalue weighted by Gasteiger charge is 2.41. The van der Waals surface area contributed by atoms with E-state index in [1.165, 1.54) is 12.6 Å². The van der Waals surface area contributed by atoms with Gasteiger partial charge in [0.25, 0.3) is 0 Å². The molecule has 2 aromatic rings. The first-order valence-corrected chi connectivity index (χ1v) is 14.6. The Labute approximate surface area is 213 Å². The van der Waals surface area contributed by atoms with Crippen LogP contribution in [0.4, 0.5) is 0 Å². The molecule has 3 atom stereocenters. The number of amides is 2. The van der Waals surface area contributed by atoms with E-state index in [9.17, 15) is 23.3 Å². The summed E-state index contributed by atoms with van der Waals surface area (Å²) in [6.45, 7) is 5.57. The molecule has 1 aromatic heterocycles. The van der Waals surface area contributed by atoms with Gasteiger partial charge in [-0.1, -0.05) is 6.07 Å². The lowest BCUT2D eigenvalue weighted by Crippen LogP contribution is -2.53. The van der Waals surface area contributed by atoms with Crippen LogP contribution in [0.15, 0.2) is 24.3 Å². The van der Waals surface area contributed by atoms with Gasteiger partial charge in [0.2, 0.25) is 21.8 Å². The van der Waals surface area contributed by atoms with Crippen LogP contribution in [0, 0.1) is 11.3 Å². The van der Waals surface area contributed by atoms with Gasteiger partial charge in [-0.05, 0) is 76.0 Å². The Hall–Kier alpha value is -2.90. The molecule has 0 spiro atoms. The summed E-state index contributed by atoms with van der Waals surface area (Å²) in [5.74, 6) is -0.374. The number of hydrogen-bond acceptors (Lipinski definition) is 5. The van der Waals surface area contributed by atoms with Crippen LogP contribution in [-0.2, 0) is 32.6 Å². The van der Waals surface area contributed by atoms with E-state index >= 15 is 0 Å². The number of nitrogens with zero attached hydrogens (tertiary/aromatic N) is 4. The smallest absolute Gasteiger partial charge is 0.245 e. The largest absolute Gasteiger partial charge is 0.345 e. The third-order valence-electron chi connectivity index (χ3n) is 7.41. The second-order valence-electron chi connectivity index (χ2n) is 9.93. The summed E-state index contributed by atoms with van der Waals surface area (Å²) >= 11 is 0. The lowest BCUT2D eigenvalue weighted by molar-refractivity contribution is -0.145. The number of aryl methyl sites for hydroxylation is 2. The normalized spacial score (nSPS) is 21.2. The number of nitrogens with one attached hydrogen (secondary N) is 1. The minimum absolute atomic E-state index is 0.0235. The molecule has 2 saturated heterocycles. The number of likely N-dealkylation sites (tertiary alicyclic amines) is 2. The van der Waals surface area contributed by atoms with Crippen LogP contribution in [0.25, 0.3) is 10.9 Å². The lowest BCUT2D eigenvalue weighted by Gasteiger charge is -2.32. The molecule has 36 heavy (non-hydrogen) atoms. The first-order chi connectivity index (χ1) is 17.1. The standard InChI is InChI=1S/C26H35N5O4S/c1-4-29-22(16-20-10-9-19(17-27)15-24(20)29)12-11-21-7-5-13-30(21)26(33)23-8-6-14-31(23)25(32)18(2)28-36(3,34)35/h9-10,15-16,18,21,23,28H,4-8,11-14H2,1-3H3. The van der Waals surface area contributed by atoms with Gasteiger partial charge in [0.15, 0.2) is 0 Å². The molecule has 0 bridgehead atoms. The summed E-state index contributed by atoms with van der Waals surface area (Å²) in [5, 5.41) is 10.4. The average molecular weight is 514 g/mol. The SMILES string of the molecule is CCn1c(CCC2CCCN2C(=O)C2CCCN2C(=O)C(C)NS(C)(=O)=O)cc2ccc(C#N)cc21. The number of aromatic nitrogens is 1. The second-order valence-corrected chi connectivity index (χ2v) is 11.7. The van der Waals surface area contributed by atoms with Crippen molar-refractivity contribution < 1.29 is 18.0 Å². The Kier molecular flexibility index (Phi) is 7.71. The van der Waals surface area contributed by atoms with Gasteiger partial charge in [0.05, 0.1) is 23.9 Å².